The predicted octanol–water partition coefficient (Wildman–Crippen LogP) is 3.74. The van der Waals surface area contributed by atoms with Gasteiger partial charge in [-0.25, -0.2) is 0 Å². The summed E-state index contributed by atoms with van der Waals surface area (Å²) in [7, 11) is 0. The summed E-state index contributed by atoms with van der Waals surface area (Å²) in [5, 5.41) is 13.2. The van der Waals surface area contributed by atoms with Gasteiger partial charge in [-0.3, -0.25) is 4.79 Å². The molecule has 0 aliphatic rings. The average Bonchev–Trinajstić information content (AvgIpc) is 2.91. The zero-order valence-electron chi connectivity index (χ0n) is 11.5. The zero-order chi connectivity index (χ0) is 14.8. The van der Waals surface area contributed by atoms with Crippen LogP contribution in [0.4, 0.5) is 5.69 Å². The van der Waals surface area contributed by atoms with E-state index in [4.69, 9.17) is 4.42 Å². The lowest BCUT2D eigenvalue weighted by Gasteiger charge is -2.08. The molecule has 1 unspecified atom stereocenters. The second-order valence-electron chi connectivity index (χ2n) is 4.90. The van der Waals surface area contributed by atoms with Gasteiger partial charge in [0.05, 0.1) is 6.10 Å². The number of carbonyl (C=O) groups is 1. The van der Waals surface area contributed by atoms with E-state index in [9.17, 15) is 9.90 Å². The highest BCUT2D eigenvalue weighted by Gasteiger charge is 2.12. The van der Waals surface area contributed by atoms with Gasteiger partial charge in [0, 0.05) is 11.1 Å². The first-order chi connectivity index (χ1) is 10.1. The molecule has 4 heteroatoms. The fourth-order valence-corrected chi connectivity index (χ4v) is 2.16. The standard InChI is InChI=1S/C17H15NO3/c1-11(19)12-6-4-7-14(9-12)18-17(20)16-10-13-5-2-3-8-15(13)21-16/h2-11,19H,1H3,(H,18,20). The number of fused-ring (bicyclic) bond motifs is 1. The van der Waals surface area contributed by atoms with Gasteiger partial charge in [0.1, 0.15) is 5.58 Å². The normalized spacial score (nSPS) is 12.3. The Labute approximate surface area is 122 Å². The SMILES string of the molecule is CC(O)c1cccc(NC(=O)c2cc3ccccc3o2)c1. The molecule has 0 radical (unpaired) electrons. The van der Waals surface area contributed by atoms with Crippen LogP contribution in [0.5, 0.6) is 0 Å². The lowest BCUT2D eigenvalue weighted by molar-refractivity contribution is 0.0998. The summed E-state index contributed by atoms with van der Waals surface area (Å²) in [6, 6.07) is 16.3. The number of para-hydroxylation sites is 1. The smallest absolute Gasteiger partial charge is 0.291 e. The molecule has 4 nitrogen and oxygen atoms in total. The van der Waals surface area contributed by atoms with Crippen LogP contribution in [0.3, 0.4) is 0 Å². The van der Waals surface area contributed by atoms with Gasteiger partial charge in [0.15, 0.2) is 5.76 Å². The highest BCUT2D eigenvalue weighted by atomic mass is 16.3. The Balaban J connectivity index is 1.84. The molecule has 0 saturated carbocycles. The molecular weight excluding hydrogens is 266 g/mol. The Kier molecular flexibility index (Phi) is 3.46. The minimum Gasteiger partial charge on any atom is -0.451 e. The summed E-state index contributed by atoms with van der Waals surface area (Å²) in [4.78, 5) is 12.2. The number of aliphatic hydroxyl groups is 1. The highest BCUT2D eigenvalue weighted by Crippen LogP contribution is 2.21. The van der Waals surface area contributed by atoms with Gasteiger partial charge in [-0.2, -0.15) is 0 Å². The molecule has 3 rings (SSSR count). The van der Waals surface area contributed by atoms with Crippen molar-refractivity contribution in [2.75, 3.05) is 5.32 Å². The van der Waals surface area contributed by atoms with E-state index >= 15 is 0 Å². The molecule has 1 atom stereocenters. The maximum absolute atomic E-state index is 12.2. The maximum Gasteiger partial charge on any atom is 0.291 e. The fourth-order valence-electron chi connectivity index (χ4n) is 2.16. The van der Waals surface area contributed by atoms with Crippen molar-refractivity contribution >= 4 is 22.6 Å². The predicted molar refractivity (Wildman–Crippen MR) is 81.2 cm³/mol. The van der Waals surface area contributed by atoms with Crippen molar-refractivity contribution in [3.8, 4) is 0 Å². The van der Waals surface area contributed by atoms with E-state index in [0.29, 0.717) is 11.3 Å². The van der Waals surface area contributed by atoms with E-state index < -0.39 is 6.10 Å². The molecule has 1 amide bonds. The first-order valence-corrected chi connectivity index (χ1v) is 6.71. The Morgan fingerprint density at radius 3 is 2.71 bits per heavy atom. The fraction of sp³-hybridized carbons (Fsp3) is 0.118. The quantitative estimate of drug-likeness (QED) is 0.768. The van der Waals surface area contributed by atoms with E-state index in [-0.39, 0.29) is 11.7 Å². The minimum absolute atomic E-state index is 0.263. The number of carbonyl (C=O) groups excluding carboxylic acids is 1. The molecule has 0 spiro atoms. The van der Waals surface area contributed by atoms with Crippen LogP contribution in [0.25, 0.3) is 11.0 Å². The van der Waals surface area contributed by atoms with Gasteiger partial charge in [0.25, 0.3) is 5.91 Å². The number of amides is 1. The Hall–Kier alpha value is -2.59. The third kappa shape index (κ3) is 2.80. The van der Waals surface area contributed by atoms with Gasteiger partial charge < -0.3 is 14.8 Å². The molecule has 0 bridgehead atoms. The monoisotopic (exact) mass is 281 g/mol. The third-order valence-electron chi connectivity index (χ3n) is 3.28. The van der Waals surface area contributed by atoms with Crippen molar-refractivity contribution in [2.45, 2.75) is 13.0 Å². The molecule has 0 aliphatic heterocycles. The summed E-state index contributed by atoms with van der Waals surface area (Å²) in [6.07, 6.45) is -0.576. The van der Waals surface area contributed by atoms with Gasteiger partial charge in [0.2, 0.25) is 0 Å². The third-order valence-corrected chi connectivity index (χ3v) is 3.28. The summed E-state index contributed by atoms with van der Waals surface area (Å²) < 4.78 is 5.52. The summed E-state index contributed by atoms with van der Waals surface area (Å²) >= 11 is 0. The second-order valence-corrected chi connectivity index (χ2v) is 4.90. The van der Waals surface area contributed by atoms with Crippen molar-refractivity contribution in [1.82, 2.24) is 0 Å². The molecule has 106 valence electrons. The maximum atomic E-state index is 12.2. The number of rotatable bonds is 3. The van der Waals surface area contributed by atoms with Crippen LogP contribution in [0.15, 0.2) is 59.0 Å². The molecular formula is C17H15NO3. The van der Waals surface area contributed by atoms with Crippen molar-refractivity contribution < 1.29 is 14.3 Å². The molecule has 0 saturated heterocycles. The first kappa shape index (κ1) is 13.4. The van der Waals surface area contributed by atoms with Crippen molar-refractivity contribution in [2.24, 2.45) is 0 Å². The second kappa shape index (κ2) is 5.42. The van der Waals surface area contributed by atoms with E-state index in [0.717, 1.165) is 10.9 Å². The lowest BCUT2D eigenvalue weighted by atomic mass is 10.1. The summed E-state index contributed by atoms with van der Waals surface area (Å²) in [6.45, 7) is 1.68. The number of hydrogen-bond donors (Lipinski definition) is 2. The summed E-state index contributed by atoms with van der Waals surface area (Å²) in [5.74, 6) is -0.0485. The Morgan fingerprint density at radius 1 is 1.14 bits per heavy atom. The van der Waals surface area contributed by atoms with E-state index in [2.05, 4.69) is 5.32 Å². The molecule has 0 aliphatic carbocycles. The van der Waals surface area contributed by atoms with Crippen LogP contribution in [-0.4, -0.2) is 11.0 Å². The molecule has 1 heterocycles. The average molecular weight is 281 g/mol. The Morgan fingerprint density at radius 2 is 1.95 bits per heavy atom. The molecule has 2 N–H and O–H groups in total. The van der Waals surface area contributed by atoms with Crippen LogP contribution < -0.4 is 5.32 Å². The van der Waals surface area contributed by atoms with Gasteiger partial charge in [-0.1, -0.05) is 30.3 Å². The summed E-state index contributed by atoms with van der Waals surface area (Å²) in [5.41, 5.74) is 2.05. The molecule has 0 fully saturated rings. The van der Waals surface area contributed by atoms with Crippen molar-refractivity contribution in [3.63, 3.8) is 0 Å². The molecule has 21 heavy (non-hydrogen) atoms. The van der Waals surface area contributed by atoms with Crippen LogP contribution in [0, 0.1) is 0 Å². The van der Waals surface area contributed by atoms with E-state index in [1.807, 2.05) is 30.3 Å². The number of hydrogen-bond acceptors (Lipinski definition) is 3. The molecule has 1 aromatic heterocycles. The number of nitrogens with one attached hydrogen (secondary N) is 1. The van der Waals surface area contributed by atoms with Crippen LogP contribution >= 0.6 is 0 Å². The van der Waals surface area contributed by atoms with Gasteiger partial charge >= 0.3 is 0 Å². The van der Waals surface area contributed by atoms with Gasteiger partial charge in [-0.15, -0.1) is 0 Å². The van der Waals surface area contributed by atoms with Gasteiger partial charge in [-0.05, 0) is 36.8 Å². The topological polar surface area (TPSA) is 62.5 Å². The molecule has 2 aromatic carbocycles. The number of anilines is 1. The molecule has 3 aromatic rings. The zero-order valence-corrected chi connectivity index (χ0v) is 11.5. The van der Waals surface area contributed by atoms with E-state index in [1.54, 1.807) is 31.2 Å². The number of aliphatic hydroxyl groups excluding tert-OH is 1. The van der Waals surface area contributed by atoms with E-state index in [1.165, 1.54) is 0 Å². The Bertz CT molecular complexity index is 756. The highest BCUT2D eigenvalue weighted by molar-refractivity contribution is 6.04. The minimum atomic E-state index is -0.576. The number of furan rings is 1. The van der Waals surface area contributed by atoms with Crippen molar-refractivity contribution in [1.29, 1.82) is 0 Å². The largest absolute Gasteiger partial charge is 0.451 e. The number of benzene rings is 2. The van der Waals surface area contributed by atoms with Crippen molar-refractivity contribution in [3.05, 3.63) is 65.9 Å². The van der Waals surface area contributed by atoms with Crippen LogP contribution in [-0.2, 0) is 0 Å². The lowest BCUT2D eigenvalue weighted by Crippen LogP contribution is -2.11. The van der Waals surface area contributed by atoms with Crippen LogP contribution in [0.1, 0.15) is 29.1 Å². The van der Waals surface area contributed by atoms with Crippen LogP contribution in [0.2, 0.25) is 0 Å². The first-order valence-electron chi connectivity index (χ1n) is 6.71.